The number of ether oxygens (including phenoxy) is 1. The smallest absolute Gasteiger partial charge is 0.319 e. The van der Waals surface area contributed by atoms with Crippen molar-refractivity contribution in [1.29, 1.82) is 0 Å². The molecule has 0 saturated carbocycles. The summed E-state index contributed by atoms with van der Waals surface area (Å²) in [5.74, 6) is 0.511. The number of anilines is 2. The summed E-state index contributed by atoms with van der Waals surface area (Å²) in [5.41, 5.74) is 1.37. The molecule has 6 heteroatoms. The van der Waals surface area contributed by atoms with Crippen molar-refractivity contribution in [2.24, 2.45) is 11.8 Å². The molecule has 0 radical (unpaired) electrons. The van der Waals surface area contributed by atoms with Crippen molar-refractivity contribution in [3.63, 3.8) is 0 Å². The van der Waals surface area contributed by atoms with Crippen LogP contribution in [0.25, 0.3) is 0 Å². The van der Waals surface area contributed by atoms with E-state index in [9.17, 15) is 9.59 Å². The molecule has 0 atom stereocenters. The third kappa shape index (κ3) is 8.53. The van der Waals surface area contributed by atoms with Crippen LogP contribution in [-0.2, 0) is 9.53 Å². The molecule has 1 aromatic rings. The second kappa shape index (κ2) is 10.6. The lowest BCUT2D eigenvalue weighted by molar-refractivity contribution is -0.118. The van der Waals surface area contributed by atoms with Gasteiger partial charge in [0.1, 0.15) is 0 Å². The van der Waals surface area contributed by atoms with E-state index in [1.807, 2.05) is 13.8 Å². The van der Waals surface area contributed by atoms with Gasteiger partial charge in [0.05, 0.1) is 6.61 Å². The van der Waals surface area contributed by atoms with Crippen molar-refractivity contribution in [2.75, 3.05) is 30.4 Å². The average molecular weight is 335 g/mol. The number of carbonyl (C=O) groups excluding carboxylic acids is 2. The van der Waals surface area contributed by atoms with Crippen LogP contribution in [0.5, 0.6) is 0 Å². The number of hydrogen-bond donors (Lipinski definition) is 3. The summed E-state index contributed by atoms with van der Waals surface area (Å²) in [6.07, 6.45) is 1.02. The molecule has 134 valence electrons. The Labute approximate surface area is 144 Å². The van der Waals surface area contributed by atoms with Crippen LogP contribution in [0.2, 0.25) is 0 Å². The van der Waals surface area contributed by atoms with Crippen LogP contribution < -0.4 is 16.0 Å². The molecule has 6 nitrogen and oxygen atoms in total. The molecule has 0 spiro atoms. The molecule has 1 aromatic carbocycles. The predicted molar refractivity (Wildman–Crippen MR) is 97.2 cm³/mol. The van der Waals surface area contributed by atoms with Gasteiger partial charge in [-0.15, -0.1) is 0 Å². The molecule has 0 bridgehead atoms. The number of urea groups is 1. The molecule has 0 saturated heterocycles. The van der Waals surface area contributed by atoms with E-state index >= 15 is 0 Å². The van der Waals surface area contributed by atoms with Gasteiger partial charge in [-0.25, -0.2) is 4.79 Å². The van der Waals surface area contributed by atoms with Crippen LogP contribution in [-0.4, -0.2) is 31.7 Å². The summed E-state index contributed by atoms with van der Waals surface area (Å²) in [7, 11) is 0. The summed E-state index contributed by atoms with van der Waals surface area (Å²) >= 11 is 0. The van der Waals surface area contributed by atoms with E-state index < -0.39 is 0 Å². The van der Waals surface area contributed by atoms with E-state index in [0.717, 1.165) is 6.42 Å². The van der Waals surface area contributed by atoms with Crippen molar-refractivity contribution in [3.8, 4) is 0 Å². The summed E-state index contributed by atoms with van der Waals surface area (Å²) < 4.78 is 5.43. The Morgan fingerprint density at radius 3 is 2.08 bits per heavy atom. The molecule has 0 aromatic heterocycles. The fourth-order valence-electron chi connectivity index (χ4n) is 1.76. The Morgan fingerprint density at radius 2 is 1.54 bits per heavy atom. The van der Waals surface area contributed by atoms with Crippen molar-refractivity contribution in [3.05, 3.63) is 24.3 Å². The van der Waals surface area contributed by atoms with E-state index in [4.69, 9.17) is 4.74 Å². The summed E-state index contributed by atoms with van der Waals surface area (Å²) in [5, 5.41) is 8.27. The fraction of sp³-hybridized carbons (Fsp3) is 0.556. The Morgan fingerprint density at radius 1 is 0.958 bits per heavy atom. The highest BCUT2D eigenvalue weighted by atomic mass is 16.5. The molecule has 0 aliphatic rings. The molecular formula is C18H29N3O3. The number of benzene rings is 1. The highest BCUT2D eigenvalue weighted by Crippen LogP contribution is 2.14. The molecule has 0 aliphatic carbocycles. The monoisotopic (exact) mass is 335 g/mol. The maximum atomic E-state index is 11.8. The first-order valence-electron chi connectivity index (χ1n) is 8.42. The second-order valence-corrected chi connectivity index (χ2v) is 6.40. The minimum absolute atomic E-state index is 0.0362. The standard InChI is InChI=1S/C18H29N3O3/c1-13(2)9-11-24-12-10-19-18(23)21-16-7-5-15(6-8-16)20-17(22)14(3)4/h5-8,13-14H,9-12H2,1-4H3,(H,20,22)(H2,19,21,23). The maximum Gasteiger partial charge on any atom is 0.319 e. The quantitative estimate of drug-likeness (QED) is 0.605. The zero-order valence-corrected chi connectivity index (χ0v) is 15.0. The molecule has 3 amide bonds. The highest BCUT2D eigenvalue weighted by molar-refractivity contribution is 5.93. The largest absolute Gasteiger partial charge is 0.380 e. The lowest BCUT2D eigenvalue weighted by Gasteiger charge is -2.10. The minimum Gasteiger partial charge on any atom is -0.380 e. The molecule has 0 unspecified atom stereocenters. The number of amides is 3. The zero-order chi connectivity index (χ0) is 17.9. The zero-order valence-electron chi connectivity index (χ0n) is 15.0. The van der Waals surface area contributed by atoms with Gasteiger partial charge in [0.15, 0.2) is 0 Å². The molecule has 0 heterocycles. The predicted octanol–water partition coefficient (Wildman–Crippen LogP) is 3.47. The van der Waals surface area contributed by atoms with Crippen LogP contribution in [0.4, 0.5) is 16.2 Å². The highest BCUT2D eigenvalue weighted by Gasteiger charge is 2.07. The van der Waals surface area contributed by atoms with Gasteiger partial charge in [-0.3, -0.25) is 4.79 Å². The number of nitrogens with one attached hydrogen (secondary N) is 3. The second-order valence-electron chi connectivity index (χ2n) is 6.40. The third-order valence-corrected chi connectivity index (χ3v) is 3.31. The van der Waals surface area contributed by atoms with Gasteiger partial charge in [-0.05, 0) is 36.6 Å². The first-order valence-corrected chi connectivity index (χ1v) is 8.42. The molecule has 3 N–H and O–H groups in total. The minimum atomic E-state index is -0.276. The average Bonchev–Trinajstić information content (AvgIpc) is 2.52. The lowest BCUT2D eigenvalue weighted by atomic mass is 10.1. The SMILES string of the molecule is CC(C)CCOCCNC(=O)Nc1ccc(NC(=O)C(C)C)cc1. The van der Waals surface area contributed by atoms with E-state index in [1.165, 1.54) is 0 Å². The van der Waals surface area contributed by atoms with Gasteiger partial charge in [-0.1, -0.05) is 27.7 Å². The third-order valence-electron chi connectivity index (χ3n) is 3.31. The molecule has 0 aliphatic heterocycles. The topological polar surface area (TPSA) is 79.5 Å². The van der Waals surface area contributed by atoms with Crippen molar-refractivity contribution < 1.29 is 14.3 Å². The first-order chi connectivity index (χ1) is 11.4. The molecule has 24 heavy (non-hydrogen) atoms. The van der Waals surface area contributed by atoms with Gasteiger partial charge >= 0.3 is 6.03 Å². The van der Waals surface area contributed by atoms with E-state index in [-0.39, 0.29) is 17.9 Å². The maximum absolute atomic E-state index is 11.8. The number of hydrogen-bond acceptors (Lipinski definition) is 3. The van der Waals surface area contributed by atoms with E-state index in [0.29, 0.717) is 37.1 Å². The Hall–Kier alpha value is -2.08. The van der Waals surface area contributed by atoms with Crippen LogP contribution >= 0.6 is 0 Å². The van der Waals surface area contributed by atoms with Crippen molar-refractivity contribution in [2.45, 2.75) is 34.1 Å². The van der Waals surface area contributed by atoms with Gasteiger partial charge in [-0.2, -0.15) is 0 Å². The van der Waals surface area contributed by atoms with Crippen LogP contribution in [0.1, 0.15) is 34.1 Å². The van der Waals surface area contributed by atoms with Gasteiger partial charge in [0, 0.05) is 30.4 Å². The van der Waals surface area contributed by atoms with Crippen LogP contribution in [0.15, 0.2) is 24.3 Å². The molecular weight excluding hydrogens is 306 g/mol. The van der Waals surface area contributed by atoms with Gasteiger partial charge in [0.25, 0.3) is 0 Å². The first kappa shape index (κ1) is 20.0. The van der Waals surface area contributed by atoms with Gasteiger partial charge in [0.2, 0.25) is 5.91 Å². The lowest BCUT2D eigenvalue weighted by Crippen LogP contribution is -2.31. The number of carbonyl (C=O) groups is 2. The van der Waals surface area contributed by atoms with Crippen LogP contribution in [0, 0.1) is 11.8 Å². The normalized spacial score (nSPS) is 10.8. The summed E-state index contributed by atoms with van der Waals surface area (Å²) in [6.45, 7) is 9.64. The van der Waals surface area contributed by atoms with E-state index in [1.54, 1.807) is 24.3 Å². The summed E-state index contributed by atoms with van der Waals surface area (Å²) in [4.78, 5) is 23.4. The molecule has 1 rings (SSSR count). The van der Waals surface area contributed by atoms with Crippen molar-refractivity contribution in [1.82, 2.24) is 5.32 Å². The van der Waals surface area contributed by atoms with E-state index in [2.05, 4.69) is 29.8 Å². The Balaban J connectivity index is 2.26. The Bertz CT molecular complexity index is 513. The van der Waals surface area contributed by atoms with Gasteiger partial charge < -0.3 is 20.7 Å². The van der Waals surface area contributed by atoms with Crippen LogP contribution in [0.3, 0.4) is 0 Å². The number of rotatable bonds is 9. The van der Waals surface area contributed by atoms with Crippen molar-refractivity contribution >= 4 is 23.3 Å². The molecule has 0 fully saturated rings. The Kier molecular flexibility index (Phi) is 8.86. The summed E-state index contributed by atoms with van der Waals surface area (Å²) in [6, 6.07) is 6.72. The fourth-order valence-corrected chi connectivity index (χ4v) is 1.76.